The van der Waals surface area contributed by atoms with Crippen molar-refractivity contribution >= 4 is 17.5 Å². The normalized spacial score (nSPS) is 27.0. The predicted octanol–water partition coefficient (Wildman–Crippen LogP) is 2.62. The van der Waals surface area contributed by atoms with Gasteiger partial charge in [-0.15, -0.1) is 0 Å². The van der Waals surface area contributed by atoms with E-state index in [9.17, 15) is 4.79 Å². The van der Waals surface area contributed by atoms with E-state index < -0.39 is 0 Å². The van der Waals surface area contributed by atoms with Gasteiger partial charge in [0, 0.05) is 29.9 Å². The summed E-state index contributed by atoms with van der Waals surface area (Å²) in [6, 6.07) is 8.29. The summed E-state index contributed by atoms with van der Waals surface area (Å²) in [6.07, 6.45) is 3.94. The van der Waals surface area contributed by atoms with Gasteiger partial charge in [-0.1, -0.05) is 23.7 Å². The van der Waals surface area contributed by atoms with Crippen LogP contribution in [-0.4, -0.2) is 18.5 Å². The van der Waals surface area contributed by atoms with Gasteiger partial charge in [-0.05, 0) is 43.4 Å². The number of halogens is 1. The molecule has 3 nitrogen and oxygen atoms in total. The van der Waals surface area contributed by atoms with Crippen molar-refractivity contribution in [1.29, 1.82) is 0 Å². The van der Waals surface area contributed by atoms with Gasteiger partial charge in [-0.25, -0.2) is 0 Å². The number of carbonyl (C=O) groups is 1. The van der Waals surface area contributed by atoms with Crippen molar-refractivity contribution in [1.82, 2.24) is 5.32 Å². The van der Waals surface area contributed by atoms with Crippen LogP contribution >= 0.6 is 11.6 Å². The molecule has 0 spiro atoms. The third kappa shape index (κ3) is 3.28. The van der Waals surface area contributed by atoms with E-state index in [1.165, 1.54) is 5.56 Å². The molecule has 2 rings (SSSR count). The maximum Gasteiger partial charge on any atom is 0.217 e. The van der Waals surface area contributed by atoms with E-state index in [1.54, 1.807) is 6.92 Å². The highest BCUT2D eigenvalue weighted by atomic mass is 35.5. The second-order valence-electron chi connectivity index (χ2n) is 5.47. The first-order valence-corrected chi connectivity index (χ1v) is 7.17. The second kappa shape index (κ2) is 5.93. The number of benzene rings is 1. The summed E-state index contributed by atoms with van der Waals surface area (Å²) in [7, 11) is 0. The molecule has 0 aliphatic heterocycles. The van der Waals surface area contributed by atoms with Gasteiger partial charge in [-0.3, -0.25) is 4.79 Å². The first kappa shape index (κ1) is 14.4. The van der Waals surface area contributed by atoms with Crippen LogP contribution in [0.4, 0.5) is 0 Å². The van der Waals surface area contributed by atoms with E-state index in [0.717, 1.165) is 30.7 Å². The molecule has 1 aliphatic rings. The summed E-state index contributed by atoms with van der Waals surface area (Å²) < 4.78 is 0. The number of nitrogens with two attached hydrogens (primary N) is 1. The molecule has 0 atom stereocenters. The summed E-state index contributed by atoms with van der Waals surface area (Å²) >= 11 is 6.08. The summed E-state index contributed by atoms with van der Waals surface area (Å²) in [5.41, 5.74) is 7.28. The lowest BCUT2D eigenvalue weighted by atomic mass is 9.68. The number of rotatable bonds is 3. The molecule has 1 aromatic rings. The molecule has 1 fully saturated rings. The molecule has 0 heterocycles. The van der Waals surface area contributed by atoms with Crippen LogP contribution in [0.3, 0.4) is 0 Å². The number of hydrogen-bond acceptors (Lipinski definition) is 2. The van der Waals surface area contributed by atoms with Gasteiger partial charge in [0.1, 0.15) is 0 Å². The van der Waals surface area contributed by atoms with Crippen molar-refractivity contribution in [2.24, 2.45) is 5.73 Å². The maximum absolute atomic E-state index is 11.1. The maximum atomic E-state index is 11.1. The SMILES string of the molecule is CC(=O)NC1CCC(CN)(c2cccc(Cl)c2)CC1. The fourth-order valence-corrected chi connectivity index (χ4v) is 3.22. The smallest absolute Gasteiger partial charge is 0.217 e. The van der Waals surface area contributed by atoms with Crippen molar-refractivity contribution in [2.75, 3.05) is 6.54 Å². The monoisotopic (exact) mass is 280 g/mol. The van der Waals surface area contributed by atoms with Gasteiger partial charge in [-0.2, -0.15) is 0 Å². The van der Waals surface area contributed by atoms with E-state index in [0.29, 0.717) is 6.54 Å². The Morgan fingerprint density at radius 3 is 2.68 bits per heavy atom. The highest BCUT2D eigenvalue weighted by molar-refractivity contribution is 6.30. The fourth-order valence-electron chi connectivity index (χ4n) is 3.03. The zero-order valence-corrected chi connectivity index (χ0v) is 12.0. The van der Waals surface area contributed by atoms with Crippen LogP contribution in [0.25, 0.3) is 0 Å². The van der Waals surface area contributed by atoms with Gasteiger partial charge in [0.05, 0.1) is 0 Å². The Morgan fingerprint density at radius 2 is 2.16 bits per heavy atom. The number of amides is 1. The minimum absolute atomic E-state index is 0.0138. The topological polar surface area (TPSA) is 55.1 Å². The molecule has 19 heavy (non-hydrogen) atoms. The zero-order chi connectivity index (χ0) is 13.9. The van der Waals surface area contributed by atoms with Gasteiger partial charge in [0.15, 0.2) is 0 Å². The lowest BCUT2D eigenvalue weighted by Crippen LogP contribution is -2.44. The highest BCUT2D eigenvalue weighted by Gasteiger charge is 2.35. The lowest BCUT2D eigenvalue weighted by molar-refractivity contribution is -0.119. The van der Waals surface area contributed by atoms with Crippen LogP contribution in [0, 0.1) is 0 Å². The molecule has 1 aromatic carbocycles. The summed E-state index contributed by atoms with van der Waals surface area (Å²) in [4.78, 5) is 11.1. The summed E-state index contributed by atoms with van der Waals surface area (Å²) in [6.45, 7) is 2.20. The van der Waals surface area contributed by atoms with Crippen molar-refractivity contribution in [3.63, 3.8) is 0 Å². The minimum Gasteiger partial charge on any atom is -0.354 e. The van der Waals surface area contributed by atoms with Crippen molar-refractivity contribution in [2.45, 2.75) is 44.1 Å². The Morgan fingerprint density at radius 1 is 1.47 bits per heavy atom. The molecule has 3 N–H and O–H groups in total. The van der Waals surface area contributed by atoms with Gasteiger partial charge in [0.25, 0.3) is 0 Å². The van der Waals surface area contributed by atoms with E-state index in [4.69, 9.17) is 17.3 Å². The average Bonchev–Trinajstić information content (AvgIpc) is 2.39. The molecule has 0 saturated heterocycles. The summed E-state index contributed by atoms with van der Waals surface area (Å²) in [5, 5.41) is 3.76. The molecular weight excluding hydrogens is 260 g/mol. The Kier molecular flexibility index (Phi) is 4.48. The molecule has 4 heteroatoms. The Balaban J connectivity index is 2.12. The van der Waals surface area contributed by atoms with E-state index >= 15 is 0 Å². The standard InChI is InChI=1S/C15H21ClN2O/c1-11(19)18-14-5-7-15(10-17,8-6-14)12-3-2-4-13(16)9-12/h2-4,9,14H,5-8,10,17H2,1H3,(H,18,19). The number of carbonyl (C=O) groups excluding carboxylic acids is 1. The second-order valence-corrected chi connectivity index (χ2v) is 5.91. The Labute approximate surface area is 119 Å². The first-order valence-electron chi connectivity index (χ1n) is 6.79. The fraction of sp³-hybridized carbons (Fsp3) is 0.533. The molecule has 104 valence electrons. The van der Waals surface area contributed by atoms with Crippen LogP contribution in [-0.2, 0) is 10.2 Å². The van der Waals surface area contributed by atoms with Crippen LogP contribution in [0.5, 0.6) is 0 Å². The van der Waals surface area contributed by atoms with E-state index in [-0.39, 0.29) is 17.4 Å². The quantitative estimate of drug-likeness (QED) is 0.894. The Hall–Kier alpha value is -1.06. The van der Waals surface area contributed by atoms with Crippen molar-refractivity contribution in [3.05, 3.63) is 34.9 Å². The average molecular weight is 281 g/mol. The zero-order valence-electron chi connectivity index (χ0n) is 11.3. The van der Waals surface area contributed by atoms with Crippen molar-refractivity contribution in [3.8, 4) is 0 Å². The van der Waals surface area contributed by atoms with E-state index in [2.05, 4.69) is 11.4 Å². The van der Waals surface area contributed by atoms with Gasteiger partial charge >= 0.3 is 0 Å². The van der Waals surface area contributed by atoms with Crippen LogP contribution < -0.4 is 11.1 Å². The molecule has 0 radical (unpaired) electrons. The lowest BCUT2D eigenvalue weighted by Gasteiger charge is -2.40. The molecular formula is C15H21ClN2O. The van der Waals surface area contributed by atoms with E-state index in [1.807, 2.05) is 18.2 Å². The van der Waals surface area contributed by atoms with Gasteiger partial charge in [0.2, 0.25) is 5.91 Å². The number of nitrogens with one attached hydrogen (secondary N) is 1. The molecule has 0 bridgehead atoms. The molecule has 1 amide bonds. The minimum atomic E-state index is 0.0138. The third-order valence-electron chi connectivity index (χ3n) is 4.18. The largest absolute Gasteiger partial charge is 0.354 e. The Bertz CT molecular complexity index is 453. The predicted molar refractivity (Wildman–Crippen MR) is 78.3 cm³/mol. The third-order valence-corrected chi connectivity index (χ3v) is 4.41. The number of hydrogen-bond donors (Lipinski definition) is 2. The molecule has 1 aliphatic carbocycles. The van der Waals surface area contributed by atoms with Crippen LogP contribution in [0.15, 0.2) is 24.3 Å². The van der Waals surface area contributed by atoms with Crippen LogP contribution in [0.2, 0.25) is 5.02 Å². The highest BCUT2D eigenvalue weighted by Crippen LogP contribution is 2.39. The molecule has 0 unspecified atom stereocenters. The first-order chi connectivity index (χ1) is 9.05. The molecule has 0 aromatic heterocycles. The molecule has 1 saturated carbocycles. The van der Waals surface area contributed by atoms with Crippen LogP contribution in [0.1, 0.15) is 38.2 Å². The van der Waals surface area contributed by atoms with Crippen molar-refractivity contribution < 1.29 is 4.79 Å². The van der Waals surface area contributed by atoms with Gasteiger partial charge < -0.3 is 11.1 Å². The summed E-state index contributed by atoms with van der Waals surface area (Å²) in [5.74, 6) is 0.0491.